The molecule has 0 bridgehead atoms. The molecule has 0 radical (unpaired) electrons. The van der Waals surface area contributed by atoms with Crippen LogP contribution in [-0.4, -0.2) is 29.3 Å². The highest BCUT2D eigenvalue weighted by Gasteiger charge is 2.50. The van der Waals surface area contributed by atoms with Crippen molar-refractivity contribution in [3.05, 3.63) is 12.2 Å². The van der Waals surface area contributed by atoms with Crippen molar-refractivity contribution >= 4 is 5.91 Å². The van der Waals surface area contributed by atoms with Gasteiger partial charge in [0.1, 0.15) is 5.54 Å². The second-order valence-corrected chi connectivity index (χ2v) is 7.34. The lowest BCUT2D eigenvalue weighted by Crippen LogP contribution is -2.51. The summed E-state index contributed by atoms with van der Waals surface area (Å²) in [6.45, 7) is 1.23. The van der Waals surface area contributed by atoms with Crippen molar-refractivity contribution in [3.8, 4) is 0 Å². The monoisotopic (exact) mass is 319 g/mol. The maximum absolute atomic E-state index is 12.8. The number of carbonyl (C=O) groups is 1. The van der Waals surface area contributed by atoms with Gasteiger partial charge in [0.15, 0.2) is 5.82 Å². The Morgan fingerprint density at radius 2 is 2.00 bits per heavy atom. The molecule has 0 spiro atoms. The third kappa shape index (κ3) is 3.01. The number of carbonyl (C=O) groups excluding carboxylic acids is 1. The molecule has 6 heteroatoms. The van der Waals surface area contributed by atoms with E-state index in [1.165, 1.54) is 38.5 Å². The van der Waals surface area contributed by atoms with Gasteiger partial charge in [-0.2, -0.15) is 4.98 Å². The number of nitrogens with one attached hydrogen (secondary N) is 1. The lowest BCUT2D eigenvalue weighted by atomic mass is 9.84. The number of rotatable bonds is 4. The normalized spacial score (nSPS) is 30.8. The molecule has 1 aromatic rings. The second-order valence-electron chi connectivity index (χ2n) is 7.34. The maximum Gasteiger partial charge on any atom is 0.224 e. The number of nitrogens with zero attached hydrogens (tertiary/aromatic N) is 2. The molecule has 2 heterocycles. The minimum absolute atomic E-state index is 0.173. The molecule has 1 aromatic heterocycles. The van der Waals surface area contributed by atoms with Gasteiger partial charge in [0.2, 0.25) is 12.3 Å². The minimum Gasteiger partial charge on any atom is -0.381 e. The molecule has 2 saturated carbocycles. The summed E-state index contributed by atoms with van der Waals surface area (Å²) in [5, 5.41) is 7.26. The van der Waals surface area contributed by atoms with Gasteiger partial charge in [-0.25, -0.2) is 0 Å². The molecule has 126 valence electrons. The van der Waals surface area contributed by atoms with Crippen LogP contribution in [0, 0.1) is 17.8 Å². The van der Waals surface area contributed by atoms with Gasteiger partial charge >= 0.3 is 0 Å². The summed E-state index contributed by atoms with van der Waals surface area (Å²) >= 11 is 0. The topological polar surface area (TPSA) is 77.3 Å². The fraction of sp³-hybridized carbons (Fsp3) is 0.824. The molecule has 1 aliphatic heterocycles. The molecular formula is C17H25N3O3. The fourth-order valence-corrected chi connectivity index (χ4v) is 4.43. The Morgan fingerprint density at radius 3 is 2.70 bits per heavy atom. The van der Waals surface area contributed by atoms with Gasteiger partial charge in [-0.1, -0.05) is 37.3 Å². The van der Waals surface area contributed by atoms with Gasteiger partial charge in [0.25, 0.3) is 0 Å². The van der Waals surface area contributed by atoms with Crippen LogP contribution in [0.25, 0.3) is 0 Å². The fourth-order valence-electron chi connectivity index (χ4n) is 4.43. The van der Waals surface area contributed by atoms with Crippen LogP contribution in [0.15, 0.2) is 10.9 Å². The molecule has 3 aliphatic rings. The SMILES string of the molecule is O=C(NC1(c2ncon2)CCOCC1)[C@@H]1C[C@H]1C1CCCCC1. The average molecular weight is 319 g/mol. The third-order valence-electron chi connectivity index (χ3n) is 5.93. The lowest BCUT2D eigenvalue weighted by Gasteiger charge is -2.35. The zero-order valence-electron chi connectivity index (χ0n) is 13.5. The standard InChI is InChI=1S/C17H25N3O3/c21-15(14-10-13(14)12-4-2-1-3-5-12)19-17(6-8-22-9-7-17)16-18-11-23-20-16/h11-14H,1-10H2,(H,19,21)/t13-,14+/m0/s1. The van der Waals surface area contributed by atoms with Crippen molar-refractivity contribution in [1.29, 1.82) is 0 Å². The first kappa shape index (κ1) is 15.1. The molecule has 1 amide bonds. The Hall–Kier alpha value is -1.43. The zero-order chi connectivity index (χ0) is 15.7. The van der Waals surface area contributed by atoms with E-state index in [-0.39, 0.29) is 11.8 Å². The second kappa shape index (κ2) is 6.23. The van der Waals surface area contributed by atoms with Crippen LogP contribution in [-0.2, 0) is 15.1 Å². The summed E-state index contributed by atoms with van der Waals surface area (Å²) in [7, 11) is 0. The highest BCUT2D eigenvalue weighted by atomic mass is 16.5. The van der Waals surface area contributed by atoms with Crippen LogP contribution in [0.4, 0.5) is 0 Å². The predicted molar refractivity (Wildman–Crippen MR) is 82.3 cm³/mol. The Labute approximate surface area is 136 Å². The molecule has 23 heavy (non-hydrogen) atoms. The van der Waals surface area contributed by atoms with Gasteiger partial charge in [-0.3, -0.25) is 4.79 Å². The molecule has 0 aromatic carbocycles. The summed E-state index contributed by atoms with van der Waals surface area (Å²) in [4.78, 5) is 17.0. The van der Waals surface area contributed by atoms with Crippen molar-refractivity contribution in [2.45, 2.75) is 56.9 Å². The number of hydrogen-bond acceptors (Lipinski definition) is 5. The lowest BCUT2D eigenvalue weighted by molar-refractivity contribution is -0.126. The first-order chi connectivity index (χ1) is 11.3. The molecular weight excluding hydrogens is 294 g/mol. The maximum atomic E-state index is 12.8. The summed E-state index contributed by atoms with van der Waals surface area (Å²) in [6, 6.07) is 0. The van der Waals surface area contributed by atoms with Gasteiger partial charge in [-0.05, 0) is 18.3 Å². The quantitative estimate of drug-likeness (QED) is 0.922. The molecule has 2 atom stereocenters. The van der Waals surface area contributed by atoms with Crippen molar-refractivity contribution in [1.82, 2.24) is 15.5 Å². The Kier molecular flexibility index (Phi) is 4.09. The molecule has 2 aliphatic carbocycles. The van der Waals surface area contributed by atoms with E-state index in [1.807, 2.05) is 0 Å². The zero-order valence-corrected chi connectivity index (χ0v) is 13.5. The predicted octanol–water partition coefficient (Wildman–Crippen LogP) is 2.41. The highest BCUT2D eigenvalue weighted by Crippen LogP contribution is 2.50. The van der Waals surface area contributed by atoms with Crippen molar-refractivity contribution in [2.75, 3.05) is 13.2 Å². The number of hydrogen-bond donors (Lipinski definition) is 1. The van der Waals surface area contributed by atoms with Crippen LogP contribution in [0.3, 0.4) is 0 Å². The van der Waals surface area contributed by atoms with Gasteiger partial charge < -0.3 is 14.6 Å². The van der Waals surface area contributed by atoms with E-state index in [2.05, 4.69) is 15.5 Å². The Balaban J connectivity index is 1.42. The molecule has 3 fully saturated rings. The largest absolute Gasteiger partial charge is 0.381 e. The van der Waals surface area contributed by atoms with Gasteiger partial charge in [-0.15, -0.1) is 0 Å². The van der Waals surface area contributed by atoms with Crippen LogP contribution in [0.5, 0.6) is 0 Å². The van der Waals surface area contributed by atoms with Crippen molar-refractivity contribution in [3.63, 3.8) is 0 Å². The molecule has 1 saturated heterocycles. The smallest absolute Gasteiger partial charge is 0.224 e. The third-order valence-corrected chi connectivity index (χ3v) is 5.93. The van der Waals surface area contributed by atoms with Crippen LogP contribution in [0.1, 0.15) is 57.2 Å². The van der Waals surface area contributed by atoms with Crippen LogP contribution >= 0.6 is 0 Å². The molecule has 0 unspecified atom stereocenters. The Bertz CT molecular complexity index is 533. The van der Waals surface area contributed by atoms with E-state index in [9.17, 15) is 4.79 Å². The van der Waals surface area contributed by atoms with E-state index in [0.717, 1.165) is 12.3 Å². The van der Waals surface area contributed by atoms with E-state index < -0.39 is 5.54 Å². The number of amides is 1. The first-order valence-electron chi connectivity index (χ1n) is 8.95. The van der Waals surface area contributed by atoms with Gasteiger partial charge in [0, 0.05) is 32.0 Å². The van der Waals surface area contributed by atoms with E-state index >= 15 is 0 Å². The van der Waals surface area contributed by atoms with E-state index in [4.69, 9.17) is 9.26 Å². The van der Waals surface area contributed by atoms with Crippen molar-refractivity contribution in [2.24, 2.45) is 17.8 Å². The summed E-state index contributed by atoms with van der Waals surface area (Å²) < 4.78 is 10.4. The first-order valence-corrected chi connectivity index (χ1v) is 8.95. The molecule has 6 nitrogen and oxygen atoms in total. The minimum atomic E-state index is -0.512. The summed E-state index contributed by atoms with van der Waals surface area (Å²) in [6.07, 6.45) is 10.4. The van der Waals surface area contributed by atoms with E-state index in [0.29, 0.717) is 37.8 Å². The average Bonchev–Trinajstić information content (AvgIpc) is 3.21. The summed E-state index contributed by atoms with van der Waals surface area (Å²) in [5.41, 5.74) is -0.512. The number of aromatic nitrogens is 2. The van der Waals surface area contributed by atoms with E-state index in [1.54, 1.807) is 0 Å². The Morgan fingerprint density at radius 1 is 1.22 bits per heavy atom. The van der Waals surface area contributed by atoms with Crippen molar-refractivity contribution < 1.29 is 14.1 Å². The number of ether oxygens (including phenoxy) is 1. The van der Waals surface area contributed by atoms with Crippen LogP contribution in [0.2, 0.25) is 0 Å². The molecule has 4 rings (SSSR count). The van der Waals surface area contributed by atoms with Crippen LogP contribution < -0.4 is 5.32 Å². The summed E-state index contributed by atoms with van der Waals surface area (Å²) in [5.74, 6) is 2.30. The highest BCUT2D eigenvalue weighted by molar-refractivity contribution is 5.82. The molecule has 1 N–H and O–H groups in total. The van der Waals surface area contributed by atoms with Gasteiger partial charge in [0.05, 0.1) is 0 Å².